The third-order valence-corrected chi connectivity index (χ3v) is 3.77. The molecule has 122 valence electrons. The first-order chi connectivity index (χ1) is 11.6. The van der Waals surface area contributed by atoms with Crippen LogP contribution in [0.15, 0.2) is 59.0 Å². The highest BCUT2D eigenvalue weighted by Crippen LogP contribution is 2.22. The summed E-state index contributed by atoms with van der Waals surface area (Å²) in [7, 11) is 0. The minimum atomic E-state index is -0.425. The van der Waals surface area contributed by atoms with Crippen molar-refractivity contribution in [1.82, 2.24) is 16.2 Å². The minimum absolute atomic E-state index is 0.172. The maximum absolute atomic E-state index is 12.1. The number of carbonyl (C=O) groups is 1. The molecule has 0 spiro atoms. The van der Waals surface area contributed by atoms with Crippen LogP contribution < -0.4 is 16.2 Å². The van der Waals surface area contributed by atoms with Gasteiger partial charge >= 0.3 is 5.91 Å². The van der Waals surface area contributed by atoms with E-state index < -0.39 is 5.91 Å². The first kappa shape index (κ1) is 16.3. The lowest BCUT2D eigenvalue weighted by atomic mass is 10.2. The molecule has 24 heavy (non-hydrogen) atoms. The first-order valence-electron chi connectivity index (χ1n) is 7.19. The number of amides is 1. The third kappa shape index (κ3) is 4.04. The molecule has 1 aromatic heterocycles. The monoisotopic (exact) mass is 359 g/mol. The predicted octanol–water partition coefficient (Wildman–Crippen LogP) is 3.40. The number of fused-ring (bicyclic) bond motifs is 1. The Morgan fingerprint density at radius 1 is 1.08 bits per heavy atom. The van der Waals surface area contributed by atoms with Gasteiger partial charge in [0.25, 0.3) is 0 Å². The number of hydrazine groups is 1. The lowest BCUT2D eigenvalue weighted by Crippen LogP contribution is -2.46. The summed E-state index contributed by atoms with van der Waals surface area (Å²) in [6.45, 7) is 0.561. The van der Waals surface area contributed by atoms with Crippen LogP contribution in [0.3, 0.4) is 0 Å². The zero-order chi connectivity index (χ0) is 16.9. The number of halogens is 1. The summed E-state index contributed by atoms with van der Waals surface area (Å²) in [6, 6.07) is 16.6. The summed E-state index contributed by atoms with van der Waals surface area (Å²) in [4.78, 5) is 12.1. The van der Waals surface area contributed by atoms with Gasteiger partial charge in [-0.3, -0.25) is 15.6 Å². The van der Waals surface area contributed by atoms with Gasteiger partial charge in [-0.05, 0) is 42.0 Å². The molecule has 5 nitrogen and oxygen atoms in total. The zero-order valence-electron chi connectivity index (χ0n) is 12.5. The number of benzene rings is 2. The van der Waals surface area contributed by atoms with Crippen molar-refractivity contribution in [3.05, 3.63) is 70.9 Å². The molecule has 7 heteroatoms. The molecule has 2 aromatic carbocycles. The Hall–Kier alpha value is -2.57. The Labute approximate surface area is 149 Å². The van der Waals surface area contributed by atoms with Crippen LogP contribution in [0.4, 0.5) is 0 Å². The van der Waals surface area contributed by atoms with Crippen LogP contribution in [0.2, 0.25) is 5.02 Å². The van der Waals surface area contributed by atoms with E-state index in [9.17, 15) is 4.79 Å². The molecule has 0 unspecified atom stereocenters. The fourth-order valence-corrected chi connectivity index (χ4v) is 2.43. The summed E-state index contributed by atoms with van der Waals surface area (Å²) >= 11 is 11.0. The molecule has 3 aromatic rings. The highest BCUT2D eigenvalue weighted by atomic mass is 35.5. The Morgan fingerprint density at radius 2 is 1.88 bits per heavy atom. The number of nitrogens with one attached hydrogen (secondary N) is 3. The molecule has 0 atom stereocenters. The smallest absolute Gasteiger partial charge is 0.305 e. The SMILES string of the molecule is O=C(NNC(=S)NCc1ccccc1)c1cc2cc(Cl)ccc2o1. The molecule has 1 amide bonds. The van der Waals surface area contributed by atoms with Crippen molar-refractivity contribution in [3.8, 4) is 0 Å². The number of hydrogen-bond donors (Lipinski definition) is 3. The molecule has 0 bridgehead atoms. The van der Waals surface area contributed by atoms with Crippen molar-refractivity contribution in [2.24, 2.45) is 0 Å². The number of rotatable bonds is 3. The second kappa shape index (κ2) is 7.33. The van der Waals surface area contributed by atoms with Gasteiger partial charge in [0.2, 0.25) is 0 Å². The quantitative estimate of drug-likeness (QED) is 0.494. The van der Waals surface area contributed by atoms with Gasteiger partial charge < -0.3 is 9.73 Å². The molecule has 0 radical (unpaired) electrons. The van der Waals surface area contributed by atoms with E-state index in [1.807, 2.05) is 30.3 Å². The van der Waals surface area contributed by atoms with Crippen molar-refractivity contribution >= 4 is 45.8 Å². The molecular formula is C17H14ClN3O2S. The van der Waals surface area contributed by atoms with Gasteiger partial charge in [0.1, 0.15) is 5.58 Å². The highest BCUT2D eigenvalue weighted by Gasteiger charge is 2.12. The number of thiocarbonyl (C=S) groups is 1. The normalized spacial score (nSPS) is 10.4. The molecule has 0 aliphatic heterocycles. The summed E-state index contributed by atoms with van der Waals surface area (Å²) in [5, 5.41) is 4.65. The van der Waals surface area contributed by atoms with Gasteiger partial charge in [-0.15, -0.1) is 0 Å². The predicted molar refractivity (Wildman–Crippen MR) is 97.7 cm³/mol. The summed E-state index contributed by atoms with van der Waals surface area (Å²) in [5.41, 5.74) is 6.81. The summed E-state index contributed by atoms with van der Waals surface area (Å²) in [5.74, 6) is -0.253. The van der Waals surface area contributed by atoms with Crippen molar-refractivity contribution in [2.75, 3.05) is 0 Å². The van der Waals surface area contributed by atoms with E-state index in [0.717, 1.165) is 10.9 Å². The van der Waals surface area contributed by atoms with Gasteiger partial charge in [0.15, 0.2) is 10.9 Å². The largest absolute Gasteiger partial charge is 0.451 e. The van der Waals surface area contributed by atoms with E-state index in [1.165, 1.54) is 0 Å². The van der Waals surface area contributed by atoms with E-state index in [1.54, 1.807) is 24.3 Å². The van der Waals surface area contributed by atoms with Crippen LogP contribution in [-0.2, 0) is 6.54 Å². The Balaban J connectivity index is 1.53. The first-order valence-corrected chi connectivity index (χ1v) is 7.97. The van der Waals surface area contributed by atoms with Gasteiger partial charge in [0.05, 0.1) is 0 Å². The molecule has 3 N–H and O–H groups in total. The fourth-order valence-electron chi connectivity index (χ4n) is 2.12. The molecule has 0 saturated carbocycles. The van der Waals surface area contributed by atoms with Gasteiger partial charge in [0, 0.05) is 17.0 Å². The number of furan rings is 1. The van der Waals surface area contributed by atoms with Crippen LogP contribution >= 0.6 is 23.8 Å². The second-order valence-corrected chi connectivity index (χ2v) is 5.88. The topological polar surface area (TPSA) is 66.3 Å². The van der Waals surface area contributed by atoms with Crippen molar-refractivity contribution < 1.29 is 9.21 Å². The number of carbonyl (C=O) groups excluding carboxylic acids is 1. The number of hydrogen-bond acceptors (Lipinski definition) is 3. The molecule has 0 aliphatic rings. The average Bonchev–Trinajstić information content (AvgIpc) is 3.02. The van der Waals surface area contributed by atoms with Crippen molar-refractivity contribution in [3.63, 3.8) is 0 Å². The van der Waals surface area contributed by atoms with E-state index in [-0.39, 0.29) is 5.76 Å². The maximum Gasteiger partial charge on any atom is 0.305 e. The molecular weight excluding hydrogens is 346 g/mol. The Kier molecular flexibility index (Phi) is 4.98. The van der Waals surface area contributed by atoms with Gasteiger partial charge in [-0.2, -0.15) is 0 Å². The van der Waals surface area contributed by atoms with Crippen molar-refractivity contribution in [1.29, 1.82) is 0 Å². The third-order valence-electron chi connectivity index (χ3n) is 3.29. The van der Waals surface area contributed by atoms with E-state index in [4.69, 9.17) is 28.2 Å². The minimum Gasteiger partial charge on any atom is -0.451 e. The molecule has 0 aliphatic carbocycles. The molecule has 1 heterocycles. The molecule has 3 rings (SSSR count). The standard InChI is InChI=1S/C17H14ClN3O2S/c18-13-6-7-14-12(8-13)9-15(23-14)16(22)20-21-17(24)19-10-11-4-2-1-3-5-11/h1-9H,10H2,(H,20,22)(H2,19,21,24). The van der Waals surface area contributed by atoms with Crippen molar-refractivity contribution in [2.45, 2.75) is 6.54 Å². The fraction of sp³-hybridized carbons (Fsp3) is 0.0588. The Bertz CT molecular complexity index is 880. The lowest BCUT2D eigenvalue weighted by molar-refractivity contribution is 0.0918. The zero-order valence-corrected chi connectivity index (χ0v) is 14.1. The van der Waals surface area contributed by atoms with Crippen LogP contribution in [0.1, 0.15) is 16.1 Å². The van der Waals surface area contributed by atoms with E-state index in [0.29, 0.717) is 22.3 Å². The van der Waals surface area contributed by atoms with Gasteiger partial charge in [-0.25, -0.2) is 0 Å². The highest BCUT2D eigenvalue weighted by molar-refractivity contribution is 7.80. The van der Waals surface area contributed by atoms with E-state index in [2.05, 4.69) is 16.2 Å². The van der Waals surface area contributed by atoms with Gasteiger partial charge in [-0.1, -0.05) is 41.9 Å². The lowest BCUT2D eigenvalue weighted by Gasteiger charge is -2.10. The second-order valence-electron chi connectivity index (χ2n) is 5.04. The van der Waals surface area contributed by atoms with Crippen LogP contribution in [0, 0.1) is 0 Å². The van der Waals surface area contributed by atoms with E-state index >= 15 is 0 Å². The molecule has 0 saturated heterocycles. The summed E-state index contributed by atoms with van der Waals surface area (Å²) < 4.78 is 5.47. The average molecular weight is 360 g/mol. The Morgan fingerprint density at radius 3 is 2.67 bits per heavy atom. The van der Waals surface area contributed by atoms with Crippen LogP contribution in [0.5, 0.6) is 0 Å². The molecule has 0 fully saturated rings. The van der Waals surface area contributed by atoms with Crippen LogP contribution in [0.25, 0.3) is 11.0 Å². The maximum atomic E-state index is 12.1. The van der Waals surface area contributed by atoms with Crippen LogP contribution in [-0.4, -0.2) is 11.0 Å². The summed E-state index contributed by atoms with van der Waals surface area (Å²) in [6.07, 6.45) is 0.